The molecule has 0 saturated carbocycles. The third kappa shape index (κ3) is 6.11. The van der Waals surface area contributed by atoms with Crippen LogP contribution in [0.1, 0.15) is 32.8 Å². The zero-order chi connectivity index (χ0) is 21.8. The van der Waals surface area contributed by atoms with Crippen LogP contribution in [0.5, 0.6) is 5.75 Å². The number of carbonyl (C=O) groups is 1. The predicted octanol–water partition coefficient (Wildman–Crippen LogP) is 4.62. The second kappa shape index (κ2) is 9.50. The SMILES string of the molecule is CCC(C(=O)Nc1cccc(OC(C)C)c1)N(c1ccc(C)c(Cl)c1)S(C)(=O)=O. The Labute approximate surface area is 177 Å². The molecule has 29 heavy (non-hydrogen) atoms. The van der Waals surface area contributed by atoms with Gasteiger partial charge in [0.2, 0.25) is 15.9 Å². The fraction of sp³-hybridized carbons (Fsp3) is 0.381. The van der Waals surface area contributed by atoms with E-state index in [0.29, 0.717) is 22.1 Å². The topological polar surface area (TPSA) is 75.7 Å². The van der Waals surface area contributed by atoms with Crippen LogP contribution < -0.4 is 14.4 Å². The molecule has 0 spiro atoms. The monoisotopic (exact) mass is 438 g/mol. The molecule has 2 aromatic rings. The zero-order valence-electron chi connectivity index (χ0n) is 17.3. The molecule has 1 amide bonds. The van der Waals surface area contributed by atoms with Gasteiger partial charge in [-0.05, 0) is 57.0 Å². The summed E-state index contributed by atoms with van der Waals surface area (Å²) in [6, 6.07) is 11.0. The lowest BCUT2D eigenvalue weighted by Gasteiger charge is -2.30. The van der Waals surface area contributed by atoms with Crippen molar-refractivity contribution in [2.24, 2.45) is 0 Å². The van der Waals surface area contributed by atoms with Gasteiger partial charge in [-0.2, -0.15) is 0 Å². The van der Waals surface area contributed by atoms with Crippen molar-refractivity contribution < 1.29 is 17.9 Å². The number of carbonyl (C=O) groups excluding carboxylic acids is 1. The number of anilines is 2. The van der Waals surface area contributed by atoms with Crippen LogP contribution in [0.15, 0.2) is 42.5 Å². The van der Waals surface area contributed by atoms with Gasteiger partial charge in [0.25, 0.3) is 0 Å². The Bertz CT molecular complexity index is 976. The molecule has 0 aliphatic rings. The maximum absolute atomic E-state index is 13.0. The molecule has 0 saturated heterocycles. The third-order valence-electron chi connectivity index (χ3n) is 4.21. The minimum Gasteiger partial charge on any atom is -0.491 e. The van der Waals surface area contributed by atoms with E-state index in [1.165, 1.54) is 0 Å². The van der Waals surface area contributed by atoms with Crippen molar-refractivity contribution >= 4 is 38.9 Å². The van der Waals surface area contributed by atoms with E-state index >= 15 is 0 Å². The largest absolute Gasteiger partial charge is 0.491 e. The van der Waals surface area contributed by atoms with Crippen LogP contribution in [0.25, 0.3) is 0 Å². The highest BCUT2D eigenvalue weighted by Crippen LogP contribution is 2.28. The lowest BCUT2D eigenvalue weighted by atomic mass is 10.1. The summed E-state index contributed by atoms with van der Waals surface area (Å²) >= 11 is 6.19. The summed E-state index contributed by atoms with van der Waals surface area (Å²) in [5.41, 5.74) is 1.70. The summed E-state index contributed by atoms with van der Waals surface area (Å²) in [5, 5.41) is 3.23. The maximum Gasteiger partial charge on any atom is 0.248 e. The summed E-state index contributed by atoms with van der Waals surface area (Å²) < 4.78 is 31.8. The van der Waals surface area contributed by atoms with E-state index in [1.54, 1.807) is 49.4 Å². The highest BCUT2D eigenvalue weighted by molar-refractivity contribution is 7.92. The van der Waals surface area contributed by atoms with E-state index in [-0.39, 0.29) is 12.5 Å². The summed E-state index contributed by atoms with van der Waals surface area (Å²) in [5.74, 6) is 0.187. The number of nitrogens with one attached hydrogen (secondary N) is 1. The van der Waals surface area contributed by atoms with E-state index < -0.39 is 22.0 Å². The molecule has 0 fully saturated rings. The first-order chi connectivity index (χ1) is 13.5. The lowest BCUT2D eigenvalue weighted by molar-refractivity contribution is -0.117. The molecule has 0 aliphatic heterocycles. The van der Waals surface area contributed by atoms with Crippen molar-refractivity contribution in [3.63, 3.8) is 0 Å². The number of rotatable bonds is 8. The van der Waals surface area contributed by atoms with E-state index in [0.717, 1.165) is 16.1 Å². The van der Waals surface area contributed by atoms with Gasteiger partial charge in [-0.1, -0.05) is 30.7 Å². The average Bonchev–Trinajstić information content (AvgIpc) is 2.60. The number of ether oxygens (including phenoxy) is 1. The molecule has 0 aliphatic carbocycles. The normalized spacial score (nSPS) is 12.5. The first-order valence-corrected chi connectivity index (χ1v) is 11.6. The molecule has 0 bridgehead atoms. The first-order valence-electron chi connectivity index (χ1n) is 9.36. The minimum atomic E-state index is -3.73. The molecule has 1 unspecified atom stereocenters. The Morgan fingerprint density at radius 3 is 2.45 bits per heavy atom. The Hall–Kier alpha value is -2.25. The van der Waals surface area contributed by atoms with Crippen molar-refractivity contribution in [3.8, 4) is 5.75 Å². The fourth-order valence-electron chi connectivity index (χ4n) is 2.92. The highest BCUT2D eigenvalue weighted by Gasteiger charge is 2.31. The molecule has 6 nitrogen and oxygen atoms in total. The number of aryl methyl sites for hydroxylation is 1. The van der Waals surface area contributed by atoms with Gasteiger partial charge in [0.05, 0.1) is 18.0 Å². The number of benzene rings is 2. The smallest absolute Gasteiger partial charge is 0.248 e. The maximum atomic E-state index is 13.0. The van der Waals surface area contributed by atoms with Gasteiger partial charge < -0.3 is 10.1 Å². The van der Waals surface area contributed by atoms with Gasteiger partial charge in [-0.25, -0.2) is 8.42 Å². The highest BCUT2D eigenvalue weighted by atomic mass is 35.5. The molecule has 1 atom stereocenters. The summed E-state index contributed by atoms with van der Waals surface area (Å²) in [7, 11) is -3.73. The van der Waals surface area contributed by atoms with Crippen LogP contribution in [0.3, 0.4) is 0 Å². The number of hydrogen-bond donors (Lipinski definition) is 1. The number of amides is 1. The van der Waals surface area contributed by atoms with Crippen molar-refractivity contribution in [1.29, 1.82) is 0 Å². The zero-order valence-corrected chi connectivity index (χ0v) is 18.8. The molecule has 2 aromatic carbocycles. The molecule has 0 heterocycles. The molecule has 158 valence electrons. The molecule has 0 radical (unpaired) electrons. The van der Waals surface area contributed by atoms with Crippen LogP contribution in [-0.4, -0.2) is 32.7 Å². The average molecular weight is 439 g/mol. The van der Waals surface area contributed by atoms with Crippen LogP contribution in [0, 0.1) is 6.92 Å². The van der Waals surface area contributed by atoms with Crippen molar-refractivity contribution in [2.45, 2.75) is 46.3 Å². The second-order valence-corrected chi connectivity index (χ2v) is 9.37. The van der Waals surface area contributed by atoms with Crippen molar-refractivity contribution in [3.05, 3.63) is 53.1 Å². The first kappa shape index (κ1) is 23.0. The van der Waals surface area contributed by atoms with Crippen molar-refractivity contribution in [1.82, 2.24) is 0 Å². The number of halogens is 1. The molecular formula is C21H27ClN2O4S. The molecular weight excluding hydrogens is 412 g/mol. The fourth-order valence-corrected chi connectivity index (χ4v) is 4.30. The molecule has 2 rings (SSSR count). The van der Waals surface area contributed by atoms with Gasteiger partial charge in [0.15, 0.2) is 0 Å². The van der Waals surface area contributed by atoms with E-state index in [1.807, 2.05) is 20.8 Å². The predicted molar refractivity (Wildman–Crippen MR) is 118 cm³/mol. The van der Waals surface area contributed by atoms with Crippen LogP contribution in [0.4, 0.5) is 11.4 Å². The van der Waals surface area contributed by atoms with Gasteiger partial charge in [-0.3, -0.25) is 9.10 Å². The van der Waals surface area contributed by atoms with Gasteiger partial charge in [0.1, 0.15) is 11.8 Å². The molecule has 8 heteroatoms. The Morgan fingerprint density at radius 2 is 1.90 bits per heavy atom. The van der Waals surface area contributed by atoms with Gasteiger partial charge >= 0.3 is 0 Å². The molecule has 1 N–H and O–H groups in total. The minimum absolute atomic E-state index is 0.00338. The second-order valence-electron chi connectivity index (χ2n) is 7.10. The number of sulfonamides is 1. The molecule has 0 aromatic heterocycles. The summed E-state index contributed by atoms with van der Waals surface area (Å²) in [6.07, 6.45) is 1.36. The van der Waals surface area contributed by atoms with E-state index in [4.69, 9.17) is 16.3 Å². The summed E-state index contributed by atoms with van der Waals surface area (Å²) in [6.45, 7) is 7.41. The number of hydrogen-bond acceptors (Lipinski definition) is 4. The van der Waals surface area contributed by atoms with Crippen LogP contribution in [-0.2, 0) is 14.8 Å². The van der Waals surface area contributed by atoms with Gasteiger partial charge in [0, 0.05) is 16.8 Å². The quantitative estimate of drug-likeness (QED) is 0.652. The Kier molecular flexibility index (Phi) is 7.54. The van der Waals surface area contributed by atoms with E-state index in [9.17, 15) is 13.2 Å². The van der Waals surface area contributed by atoms with Gasteiger partial charge in [-0.15, -0.1) is 0 Å². The Morgan fingerprint density at radius 1 is 1.21 bits per heavy atom. The van der Waals surface area contributed by atoms with E-state index in [2.05, 4.69) is 5.32 Å². The lowest BCUT2D eigenvalue weighted by Crippen LogP contribution is -2.47. The summed E-state index contributed by atoms with van der Waals surface area (Å²) in [4.78, 5) is 13.0. The van der Waals surface area contributed by atoms with Crippen LogP contribution in [0.2, 0.25) is 5.02 Å². The van der Waals surface area contributed by atoms with Crippen molar-refractivity contribution in [2.75, 3.05) is 15.9 Å². The number of nitrogens with zero attached hydrogens (tertiary/aromatic N) is 1. The third-order valence-corrected chi connectivity index (χ3v) is 5.80. The Balaban J connectivity index is 2.35. The van der Waals surface area contributed by atoms with Crippen LogP contribution >= 0.6 is 11.6 Å². The standard InChI is InChI=1S/C21H27ClN2O4S/c1-6-20(21(25)23-16-8-7-9-18(12-16)28-14(2)3)24(29(5,26)27)17-11-10-15(4)19(22)13-17/h7-14,20H,6H2,1-5H3,(H,23,25).